The molecule has 3 N–H and O–H groups in total. The normalized spacial score (nSPS) is 11.6. The van der Waals surface area contributed by atoms with Crippen LogP contribution in [0.2, 0.25) is 0 Å². The molecule has 2 heterocycles. The van der Waals surface area contributed by atoms with Gasteiger partial charge in [0.25, 0.3) is 0 Å². The van der Waals surface area contributed by atoms with Crippen LogP contribution in [-0.4, -0.2) is 55.6 Å². The fourth-order valence-electron chi connectivity index (χ4n) is 3.15. The third-order valence-corrected chi connectivity index (χ3v) is 4.67. The smallest absolute Gasteiger partial charge is 0.416 e. The van der Waals surface area contributed by atoms with E-state index < -0.39 is 11.7 Å². The molecule has 0 radical (unpaired) electrons. The van der Waals surface area contributed by atoms with E-state index in [9.17, 15) is 13.2 Å². The van der Waals surface area contributed by atoms with Crippen molar-refractivity contribution >= 4 is 22.5 Å². The number of nitrogens with zero attached hydrogens (tertiary/aromatic N) is 3. The van der Waals surface area contributed by atoms with Crippen molar-refractivity contribution in [2.24, 2.45) is 0 Å². The second kappa shape index (κ2) is 11.2. The van der Waals surface area contributed by atoms with E-state index in [2.05, 4.69) is 20.3 Å². The summed E-state index contributed by atoms with van der Waals surface area (Å²) in [5.41, 5.74) is 5.39. The molecule has 0 atom stereocenters. The van der Waals surface area contributed by atoms with Gasteiger partial charge in [0.05, 0.1) is 50.2 Å². The number of pyridine rings is 1. The molecule has 1 aromatic carbocycles. The van der Waals surface area contributed by atoms with Crippen molar-refractivity contribution in [3.8, 4) is 11.5 Å². The van der Waals surface area contributed by atoms with Crippen molar-refractivity contribution in [1.82, 2.24) is 15.0 Å². The van der Waals surface area contributed by atoms with Gasteiger partial charge in [0.15, 0.2) is 11.5 Å². The summed E-state index contributed by atoms with van der Waals surface area (Å²) in [6.07, 6.45) is -4.53. The Labute approximate surface area is 194 Å². The zero-order valence-electron chi connectivity index (χ0n) is 19.0. The lowest BCUT2D eigenvalue weighted by Gasteiger charge is -2.15. The monoisotopic (exact) mass is 481 g/mol. The van der Waals surface area contributed by atoms with Gasteiger partial charge in [0.1, 0.15) is 24.1 Å². The van der Waals surface area contributed by atoms with Gasteiger partial charge < -0.3 is 30.0 Å². The SMILES string of the molecule is COCCOCCOc1cc2c(NCc3cc(C(F)(F)F)cc(N)n3)nc(C)nc2cc1OC. The molecule has 0 aliphatic heterocycles. The largest absolute Gasteiger partial charge is 0.493 e. The number of benzene rings is 1. The van der Waals surface area contributed by atoms with E-state index in [0.717, 1.165) is 12.1 Å². The van der Waals surface area contributed by atoms with Crippen molar-refractivity contribution in [3.05, 3.63) is 41.3 Å². The maximum absolute atomic E-state index is 13.1. The van der Waals surface area contributed by atoms with Crippen molar-refractivity contribution < 1.29 is 32.1 Å². The van der Waals surface area contributed by atoms with Gasteiger partial charge in [-0.3, -0.25) is 0 Å². The number of nitrogen functional groups attached to an aromatic ring is 1. The molecule has 3 aromatic rings. The first-order valence-electron chi connectivity index (χ1n) is 10.3. The van der Waals surface area contributed by atoms with Gasteiger partial charge in [-0.1, -0.05) is 0 Å². The number of aryl methyl sites for hydroxylation is 1. The molecule has 0 aliphatic carbocycles. The molecule has 184 valence electrons. The molecule has 0 saturated heterocycles. The standard InChI is InChI=1S/C22H26F3N5O4/c1-13-28-17-11-18(32-3)19(34-7-6-33-5-4-31-2)10-16(17)21(29-13)27-12-15-8-14(22(23,24)25)9-20(26)30-15/h8-11H,4-7,12H2,1-3H3,(H2,26,30)(H,27,28,29). The Bertz CT molecular complexity index is 1130. The summed E-state index contributed by atoms with van der Waals surface area (Å²) < 4.78 is 60.9. The van der Waals surface area contributed by atoms with E-state index in [4.69, 9.17) is 24.7 Å². The average molecular weight is 481 g/mol. The number of ether oxygens (including phenoxy) is 4. The zero-order valence-corrected chi connectivity index (χ0v) is 19.0. The summed E-state index contributed by atoms with van der Waals surface area (Å²) in [6, 6.07) is 5.15. The number of methoxy groups -OCH3 is 2. The van der Waals surface area contributed by atoms with Gasteiger partial charge in [-0.2, -0.15) is 13.2 Å². The van der Waals surface area contributed by atoms with E-state index >= 15 is 0 Å². The minimum atomic E-state index is -4.53. The maximum atomic E-state index is 13.1. The number of rotatable bonds is 11. The summed E-state index contributed by atoms with van der Waals surface area (Å²) >= 11 is 0. The summed E-state index contributed by atoms with van der Waals surface area (Å²) in [7, 11) is 3.10. The van der Waals surface area contributed by atoms with Gasteiger partial charge in [0, 0.05) is 18.6 Å². The van der Waals surface area contributed by atoms with Crippen LogP contribution in [0.4, 0.5) is 24.8 Å². The number of hydrogen-bond acceptors (Lipinski definition) is 9. The van der Waals surface area contributed by atoms with Crippen LogP contribution < -0.4 is 20.5 Å². The number of nitrogens with one attached hydrogen (secondary N) is 1. The number of aromatic nitrogens is 3. The van der Waals surface area contributed by atoms with E-state index in [-0.39, 0.29) is 24.7 Å². The fraction of sp³-hybridized carbons (Fsp3) is 0.409. The summed E-state index contributed by atoms with van der Waals surface area (Å²) in [5, 5.41) is 3.63. The molecule has 3 rings (SSSR count). The molecule has 0 spiro atoms. The van der Waals surface area contributed by atoms with Crippen molar-refractivity contribution in [2.75, 3.05) is 51.7 Å². The second-order valence-corrected chi connectivity index (χ2v) is 7.22. The van der Waals surface area contributed by atoms with E-state index in [1.807, 2.05) is 0 Å². The lowest BCUT2D eigenvalue weighted by atomic mass is 10.2. The lowest BCUT2D eigenvalue weighted by molar-refractivity contribution is -0.137. The summed E-state index contributed by atoms with van der Waals surface area (Å²) in [5.74, 6) is 1.57. The molecule has 34 heavy (non-hydrogen) atoms. The van der Waals surface area contributed by atoms with Gasteiger partial charge >= 0.3 is 6.18 Å². The molecule has 0 aliphatic rings. The average Bonchev–Trinajstić information content (AvgIpc) is 2.78. The Morgan fingerprint density at radius 1 is 0.941 bits per heavy atom. The number of fused-ring (bicyclic) bond motifs is 1. The number of anilines is 2. The molecule has 12 heteroatoms. The number of nitrogens with two attached hydrogens (primary N) is 1. The van der Waals surface area contributed by atoms with E-state index in [0.29, 0.717) is 53.9 Å². The molecular formula is C22H26F3N5O4. The van der Waals surface area contributed by atoms with Gasteiger partial charge in [-0.25, -0.2) is 15.0 Å². The Balaban J connectivity index is 1.84. The maximum Gasteiger partial charge on any atom is 0.416 e. The second-order valence-electron chi connectivity index (χ2n) is 7.22. The van der Waals surface area contributed by atoms with Crippen LogP contribution >= 0.6 is 0 Å². The number of halogens is 3. The number of alkyl halides is 3. The van der Waals surface area contributed by atoms with Crippen LogP contribution in [0.5, 0.6) is 11.5 Å². The van der Waals surface area contributed by atoms with E-state index in [1.54, 1.807) is 26.2 Å². The van der Waals surface area contributed by atoms with Crippen LogP contribution in [-0.2, 0) is 22.2 Å². The first-order valence-corrected chi connectivity index (χ1v) is 10.3. The summed E-state index contributed by atoms with van der Waals surface area (Å²) in [4.78, 5) is 12.8. The topological polar surface area (TPSA) is 114 Å². The first kappa shape index (κ1) is 25.2. The Hall–Kier alpha value is -3.38. The van der Waals surface area contributed by atoms with Crippen molar-refractivity contribution in [3.63, 3.8) is 0 Å². The third-order valence-electron chi connectivity index (χ3n) is 4.67. The predicted molar refractivity (Wildman–Crippen MR) is 120 cm³/mol. The lowest BCUT2D eigenvalue weighted by Crippen LogP contribution is -2.12. The Morgan fingerprint density at radius 3 is 2.41 bits per heavy atom. The van der Waals surface area contributed by atoms with Crippen LogP contribution in [0.25, 0.3) is 10.9 Å². The van der Waals surface area contributed by atoms with Crippen molar-refractivity contribution in [1.29, 1.82) is 0 Å². The minimum absolute atomic E-state index is 0.0325. The minimum Gasteiger partial charge on any atom is -0.493 e. The molecule has 0 unspecified atom stereocenters. The molecule has 9 nitrogen and oxygen atoms in total. The van der Waals surface area contributed by atoms with Crippen LogP contribution in [0.1, 0.15) is 17.1 Å². The first-order chi connectivity index (χ1) is 16.2. The van der Waals surface area contributed by atoms with Gasteiger partial charge in [0.2, 0.25) is 0 Å². The fourth-order valence-corrected chi connectivity index (χ4v) is 3.15. The molecule has 0 amide bonds. The molecule has 2 aromatic heterocycles. The molecular weight excluding hydrogens is 455 g/mol. The highest BCUT2D eigenvalue weighted by molar-refractivity contribution is 5.91. The third kappa shape index (κ3) is 6.58. The predicted octanol–water partition coefficient (Wildman–Crippen LogP) is 3.60. The Morgan fingerprint density at radius 2 is 1.71 bits per heavy atom. The summed E-state index contributed by atoms with van der Waals surface area (Å²) in [6.45, 7) is 3.23. The van der Waals surface area contributed by atoms with Gasteiger partial charge in [-0.05, 0) is 25.1 Å². The zero-order chi connectivity index (χ0) is 24.7. The van der Waals surface area contributed by atoms with Crippen molar-refractivity contribution in [2.45, 2.75) is 19.6 Å². The quantitative estimate of drug-likeness (QED) is 0.397. The highest BCUT2D eigenvalue weighted by Gasteiger charge is 2.31. The number of hydrogen-bond donors (Lipinski definition) is 2. The Kier molecular flexibility index (Phi) is 8.29. The van der Waals surface area contributed by atoms with E-state index in [1.165, 1.54) is 7.11 Å². The molecule has 0 fully saturated rings. The highest BCUT2D eigenvalue weighted by atomic mass is 19.4. The van der Waals surface area contributed by atoms with Crippen LogP contribution in [0.3, 0.4) is 0 Å². The van der Waals surface area contributed by atoms with Crippen LogP contribution in [0.15, 0.2) is 24.3 Å². The highest BCUT2D eigenvalue weighted by Crippen LogP contribution is 2.35. The van der Waals surface area contributed by atoms with Gasteiger partial charge in [-0.15, -0.1) is 0 Å². The van der Waals surface area contributed by atoms with Crippen LogP contribution in [0, 0.1) is 6.92 Å². The molecule has 0 bridgehead atoms. The molecule has 0 saturated carbocycles.